The van der Waals surface area contributed by atoms with Gasteiger partial charge in [0.2, 0.25) is 5.91 Å². The highest BCUT2D eigenvalue weighted by molar-refractivity contribution is 5.78. The summed E-state index contributed by atoms with van der Waals surface area (Å²) in [5.74, 6) is 0.238. The van der Waals surface area contributed by atoms with Gasteiger partial charge in [0, 0.05) is 19.7 Å². The van der Waals surface area contributed by atoms with Crippen LogP contribution in [0.5, 0.6) is 0 Å². The van der Waals surface area contributed by atoms with E-state index in [9.17, 15) is 4.79 Å². The molecular weight excluding hydrogens is 238 g/mol. The van der Waals surface area contributed by atoms with Gasteiger partial charge in [-0.1, -0.05) is 47.0 Å². The summed E-state index contributed by atoms with van der Waals surface area (Å²) in [6, 6.07) is 0. The van der Waals surface area contributed by atoms with Gasteiger partial charge in [-0.25, -0.2) is 0 Å². The van der Waals surface area contributed by atoms with E-state index in [0.717, 1.165) is 39.0 Å². The fourth-order valence-corrected chi connectivity index (χ4v) is 2.15. The molecule has 0 heterocycles. The minimum atomic E-state index is -0.00993. The van der Waals surface area contributed by atoms with Crippen LogP contribution in [0.1, 0.15) is 66.2 Å². The molecule has 0 aliphatic carbocycles. The highest BCUT2D eigenvalue weighted by atomic mass is 16.5. The Morgan fingerprint density at radius 1 is 1.00 bits per heavy atom. The van der Waals surface area contributed by atoms with Crippen LogP contribution in [0.15, 0.2) is 0 Å². The van der Waals surface area contributed by atoms with Crippen LogP contribution in [-0.2, 0) is 9.53 Å². The van der Waals surface area contributed by atoms with Gasteiger partial charge < -0.3 is 9.64 Å². The second-order valence-electron chi connectivity index (χ2n) is 5.36. The standard InChI is InChI=1S/C16H33NO2/c1-5-8-9-10-13-19-14-15(4)16(18)17(11-6-2)12-7-3/h15H,5-14H2,1-4H3. The Morgan fingerprint density at radius 2 is 1.63 bits per heavy atom. The van der Waals surface area contributed by atoms with Crippen molar-refractivity contribution in [2.45, 2.75) is 66.2 Å². The molecule has 114 valence electrons. The third-order valence-electron chi connectivity index (χ3n) is 3.23. The van der Waals surface area contributed by atoms with Gasteiger partial charge in [-0.05, 0) is 19.3 Å². The molecule has 0 saturated carbocycles. The van der Waals surface area contributed by atoms with Gasteiger partial charge in [0.05, 0.1) is 12.5 Å². The minimum Gasteiger partial charge on any atom is -0.381 e. The van der Waals surface area contributed by atoms with E-state index in [-0.39, 0.29) is 11.8 Å². The van der Waals surface area contributed by atoms with Crippen LogP contribution in [0.3, 0.4) is 0 Å². The van der Waals surface area contributed by atoms with Crippen LogP contribution >= 0.6 is 0 Å². The van der Waals surface area contributed by atoms with Gasteiger partial charge in [-0.15, -0.1) is 0 Å². The number of unbranched alkanes of at least 4 members (excludes halogenated alkanes) is 3. The van der Waals surface area contributed by atoms with Crippen LogP contribution in [0.2, 0.25) is 0 Å². The summed E-state index contributed by atoms with van der Waals surface area (Å²) in [5.41, 5.74) is 0. The number of carbonyl (C=O) groups is 1. The van der Waals surface area contributed by atoms with E-state index in [4.69, 9.17) is 4.74 Å². The molecular formula is C16H33NO2. The van der Waals surface area contributed by atoms with Gasteiger partial charge in [0.1, 0.15) is 0 Å². The maximum Gasteiger partial charge on any atom is 0.227 e. The summed E-state index contributed by atoms with van der Waals surface area (Å²) in [6.45, 7) is 11.5. The molecule has 0 bridgehead atoms. The highest BCUT2D eigenvalue weighted by Gasteiger charge is 2.19. The highest BCUT2D eigenvalue weighted by Crippen LogP contribution is 2.06. The summed E-state index contributed by atoms with van der Waals surface area (Å²) in [7, 11) is 0. The number of rotatable bonds is 12. The van der Waals surface area contributed by atoms with Crippen LogP contribution in [0.4, 0.5) is 0 Å². The first-order valence-corrected chi connectivity index (χ1v) is 8.03. The van der Waals surface area contributed by atoms with Crippen molar-refractivity contribution in [3.8, 4) is 0 Å². The van der Waals surface area contributed by atoms with E-state index in [1.54, 1.807) is 0 Å². The zero-order valence-corrected chi connectivity index (χ0v) is 13.4. The summed E-state index contributed by atoms with van der Waals surface area (Å²) >= 11 is 0. The molecule has 0 aromatic rings. The Bertz CT molecular complexity index is 213. The van der Waals surface area contributed by atoms with Crippen LogP contribution in [0, 0.1) is 5.92 Å². The van der Waals surface area contributed by atoms with Gasteiger partial charge in [-0.2, -0.15) is 0 Å². The Kier molecular flexibility index (Phi) is 12.1. The van der Waals surface area contributed by atoms with E-state index in [2.05, 4.69) is 20.8 Å². The number of carbonyl (C=O) groups excluding carboxylic acids is 1. The lowest BCUT2D eigenvalue weighted by Crippen LogP contribution is -2.38. The molecule has 0 aliphatic heterocycles. The van der Waals surface area contributed by atoms with Crippen molar-refractivity contribution in [2.75, 3.05) is 26.3 Å². The smallest absolute Gasteiger partial charge is 0.227 e. The maximum atomic E-state index is 12.2. The van der Waals surface area contributed by atoms with Crippen molar-refractivity contribution in [3.05, 3.63) is 0 Å². The van der Waals surface area contributed by atoms with Crippen LogP contribution < -0.4 is 0 Å². The second-order valence-corrected chi connectivity index (χ2v) is 5.36. The summed E-state index contributed by atoms with van der Waals surface area (Å²) in [6.07, 6.45) is 6.92. The summed E-state index contributed by atoms with van der Waals surface area (Å²) in [5, 5.41) is 0. The molecule has 19 heavy (non-hydrogen) atoms. The van der Waals surface area contributed by atoms with Crippen molar-refractivity contribution in [2.24, 2.45) is 5.92 Å². The Hall–Kier alpha value is -0.570. The molecule has 3 heteroatoms. The first-order chi connectivity index (χ1) is 9.17. The number of ether oxygens (including phenoxy) is 1. The topological polar surface area (TPSA) is 29.5 Å². The molecule has 0 spiro atoms. The molecule has 0 fully saturated rings. The van der Waals surface area contributed by atoms with E-state index in [1.807, 2.05) is 11.8 Å². The Labute approximate surface area is 119 Å². The largest absolute Gasteiger partial charge is 0.381 e. The molecule has 3 nitrogen and oxygen atoms in total. The summed E-state index contributed by atoms with van der Waals surface area (Å²) in [4.78, 5) is 14.2. The SMILES string of the molecule is CCCCCCOCC(C)C(=O)N(CCC)CCC. The van der Waals surface area contributed by atoms with Crippen molar-refractivity contribution in [1.29, 1.82) is 0 Å². The second kappa shape index (κ2) is 12.5. The number of amides is 1. The molecule has 1 amide bonds. The van der Waals surface area contributed by atoms with Crippen LogP contribution in [0.25, 0.3) is 0 Å². The molecule has 0 N–H and O–H groups in total. The average Bonchev–Trinajstić information content (AvgIpc) is 2.41. The van der Waals surface area contributed by atoms with E-state index >= 15 is 0 Å². The predicted molar refractivity (Wildman–Crippen MR) is 81.3 cm³/mol. The maximum absolute atomic E-state index is 12.2. The van der Waals surface area contributed by atoms with E-state index in [0.29, 0.717) is 6.61 Å². The molecule has 0 aliphatic rings. The number of hydrogen-bond acceptors (Lipinski definition) is 2. The van der Waals surface area contributed by atoms with Gasteiger partial charge in [0.25, 0.3) is 0 Å². The third kappa shape index (κ3) is 9.04. The third-order valence-corrected chi connectivity index (χ3v) is 3.23. The minimum absolute atomic E-state index is 0.00993. The van der Waals surface area contributed by atoms with Gasteiger partial charge in [-0.3, -0.25) is 4.79 Å². The zero-order chi connectivity index (χ0) is 14.5. The Balaban J connectivity index is 3.83. The molecule has 0 radical (unpaired) electrons. The first kappa shape index (κ1) is 18.4. The quantitative estimate of drug-likeness (QED) is 0.504. The first-order valence-electron chi connectivity index (χ1n) is 8.03. The fourth-order valence-electron chi connectivity index (χ4n) is 2.15. The molecule has 0 rings (SSSR count). The lowest BCUT2D eigenvalue weighted by molar-refractivity contribution is -0.137. The molecule has 0 saturated heterocycles. The van der Waals surface area contributed by atoms with Crippen molar-refractivity contribution < 1.29 is 9.53 Å². The van der Waals surface area contributed by atoms with Crippen molar-refractivity contribution in [3.63, 3.8) is 0 Å². The van der Waals surface area contributed by atoms with Crippen molar-refractivity contribution in [1.82, 2.24) is 4.90 Å². The van der Waals surface area contributed by atoms with Gasteiger partial charge in [0.15, 0.2) is 0 Å². The average molecular weight is 271 g/mol. The van der Waals surface area contributed by atoms with Crippen molar-refractivity contribution >= 4 is 5.91 Å². The molecule has 1 unspecified atom stereocenters. The normalized spacial score (nSPS) is 12.4. The lowest BCUT2D eigenvalue weighted by Gasteiger charge is -2.25. The van der Waals surface area contributed by atoms with E-state index < -0.39 is 0 Å². The van der Waals surface area contributed by atoms with Gasteiger partial charge >= 0.3 is 0 Å². The summed E-state index contributed by atoms with van der Waals surface area (Å²) < 4.78 is 5.62. The Morgan fingerprint density at radius 3 is 2.16 bits per heavy atom. The molecule has 1 atom stereocenters. The fraction of sp³-hybridized carbons (Fsp3) is 0.938. The zero-order valence-electron chi connectivity index (χ0n) is 13.4. The molecule has 0 aromatic heterocycles. The van der Waals surface area contributed by atoms with E-state index in [1.165, 1.54) is 19.3 Å². The van der Waals surface area contributed by atoms with Crippen LogP contribution in [-0.4, -0.2) is 37.1 Å². The predicted octanol–water partition coefficient (Wildman–Crippen LogP) is 3.87. The monoisotopic (exact) mass is 271 g/mol. The number of nitrogens with zero attached hydrogens (tertiary/aromatic N) is 1. The lowest BCUT2D eigenvalue weighted by atomic mass is 10.1. The number of hydrogen-bond donors (Lipinski definition) is 0. The molecule has 0 aromatic carbocycles.